The minimum Gasteiger partial charge on any atom is -1.00 e. The van der Waals surface area contributed by atoms with Gasteiger partial charge < -0.3 is 34.3 Å². The molecule has 0 bridgehead atoms. The van der Waals surface area contributed by atoms with Gasteiger partial charge in [0.15, 0.2) is 0 Å². The van der Waals surface area contributed by atoms with Gasteiger partial charge in [0, 0.05) is 0 Å². The van der Waals surface area contributed by atoms with Crippen molar-refractivity contribution in [1.29, 1.82) is 0 Å². The Kier molecular flexibility index (Phi) is 12.5. The van der Waals surface area contributed by atoms with Crippen molar-refractivity contribution in [2.75, 3.05) is 14.2 Å². The Bertz CT molecular complexity index is 536. The molecular weight excluding hydrogens is 343 g/mol. The molecule has 3 rings (SSSR count). The SMILES string of the molecule is COc1cc2cc[cH-]c2cc1OC.[Cl-].[Cl-].[Ti+4].c1cc[cH-]c1. The second-order valence-corrected chi connectivity index (χ2v) is 3.82. The first-order valence-corrected chi connectivity index (χ1v) is 5.79. The number of hydrogen-bond donors (Lipinski definition) is 0. The molecule has 0 unspecified atom stereocenters. The fraction of sp³-hybridized carbons (Fsp3) is 0.125. The molecule has 21 heavy (non-hydrogen) atoms. The minimum absolute atomic E-state index is 0. The predicted molar refractivity (Wildman–Crippen MR) is 74.7 cm³/mol. The molecule has 0 aromatic heterocycles. The van der Waals surface area contributed by atoms with Gasteiger partial charge in [-0.15, -0.1) is 16.8 Å². The van der Waals surface area contributed by atoms with Crippen LogP contribution in [0.1, 0.15) is 0 Å². The zero-order valence-corrected chi connectivity index (χ0v) is 14.9. The van der Waals surface area contributed by atoms with E-state index in [1.807, 2.05) is 48.5 Å². The smallest absolute Gasteiger partial charge is 1.00 e. The molecule has 2 nitrogen and oxygen atoms in total. The van der Waals surface area contributed by atoms with Gasteiger partial charge in [-0.2, -0.15) is 30.3 Å². The van der Waals surface area contributed by atoms with Gasteiger partial charge in [-0.1, -0.05) is 12.1 Å². The van der Waals surface area contributed by atoms with Gasteiger partial charge in [0.05, 0.1) is 14.2 Å². The summed E-state index contributed by atoms with van der Waals surface area (Å²) in [6, 6.07) is 20.1. The normalized spacial score (nSPS) is 8.29. The number of rotatable bonds is 2. The van der Waals surface area contributed by atoms with Crippen LogP contribution in [0.15, 0.2) is 60.7 Å². The summed E-state index contributed by atoms with van der Waals surface area (Å²) in [6.45, 7) is 0. The van der Waals surface area contributed by atoms with E-state index in [0.29, 0.717) is 0 Å². The Hall–Kier alpha value is -0.926. The summed E-state index contributed by atoms with van der Waals surface area (Å²) in [4.78, 5) is 0. The number of hydrogen-bond acceptors (Lipinski definition) is 2. The zero-order valence-electron chi connectivity index (χ0n) is 11.8. The maximum Gasteiger partial charge on any atom is 4.00 e. The van der Waals surface area contributed by atoms with Crippen molar-refractivity contribution >= 4 is 10.8 Å². The first-order chi connectivity index (χ1) is 8.85. The van der Waals surface area contributed by atoms with Crippen molar-refractivity contribution in [3.63, 3.8) is 0 Å². The van der Waals surface area contributed by atoms with E-state index in [4.69, 9.17) is 9.47 Å². The molecule has 0 saturated carbocycles. The molecule has 0 N–H and O–H groups in total. The molecule has 0 fully saturated rings. The maximum atomic E-state index is 5.19. The van der Waals surface area contributed by atoms with Gasteiger partial charge in [0.25, 0.3) is 0 Å². The summed E-state index contributed by atoms with van der Waals surface area (Å²) in [5, 5.41) is 2.36. The molecule has 0 amide bonds. The fourth-order valence-corrected chi connectivity index (χ4v) is 1.78. The van der Waals surface area contributed by atoms with Crippen LogP contribution in [0.25, 0.3) is 10.8 Å². The van der Waals surface area contributed by atoms with Crippen molar-refractivity contribution in [2.45, 2.75) is 0 Å². The number of halogens is 2. The molecular formula is C16H16Cl2O2Ti. The van der Waals surface area contributed by atoms with Gasteiger partial charge in [-0.05, 0) is 0 Å². The second-order valence-electron chi connectivity index (χ2n) is 3.82. The monoisotopic (exact) mass is 358 g/mol. The molecule has 3 aromatic carbocycles. The number of ether oxygens (including phenoxy) is 2. The number of benzene rings is 1. The standard InChI is InChI=1S/C11H11O2.C5H5.2ClH.Ti/c1-12-10-6-8-4-3-5-9(8)7-11(10)13-2;1-2-4-5-3-1;;;/h3-7H,1-2H3;1-5H;2*1H;/q2*-1;;;+4/p-2. The Morgan fingerprint density at radius 2 is 1.43 bits per heavy atom. The first kappa shape index (κ1) is 22.4. The van der Waals surface area contributed by atoms with Crippen LogP contribution >= 0.6 is 0 Å². The van der Waals surface area contributed by atoms with E-state index in [1.54, 1.807) is 14.2 Å². The molecule has 0 aliphatic rings. The number of methoxy groups -OCH3 is 2. The molecule has 0 atom stereocenters. The summed E-state index contributed by atoms with van der Waals surface area (Å²) in [7, 11) is 3.29. The van der Waals surface area contributed by atoms with E-state index >= 15 is 0 Å². The molecule has 0 radical (unpaired) electrons. The molecule has 5 heteroatoms. The third kappa shape index (κ3) is 6.15. The molecule has 0 aliphatic carbocycles. The molecule has 0 heterocycles. The van der Waals surface area contributed by atoms with Crippen LogP contribution < -0.4 is 34.3 Å². The summed E-state index contributed by atoms with van der Waals surface area (Å²) in [5.74, 6) is 1.56. The Morgan fingerprint density at radius 1 is 0.857 bits per heavy atom. The first-order valence-electron chi connectivity index (χ1n) is 5.79. The zero-order chi connectivity index (χ0) is 12.8. The average molecular weight is 359 g/mol. The third-order valence-electron chi connectivity index (χ3n) is 2.70. The molecule has 0 aliphatic heterocycles. The Balaban J connectivity index is 0. The largest absolute Gasteiger partial charge is 4.00 e. The van der Waals surface area contributed by atoms with Crippen molar-refractivity contribution in [3.8, 4) is 11.5 Å². The van der Waals surface area contributed by atoms with Gasteiger partial charge >= 0.3 is 21.7 Å². The topological polar surface area (TPSA) is 18.5 Å². The van der Waals surface area contributed by atoms with Gasteiger partial charge in [0.2, 0.25) is 0 Å². The quantitative estimate of drug-likeness (QED) is 0.389. The van der Waals surface area contributed by atoms with Crippen molar-refractivity contribution in [2.24, 2.45) is 0 Å². The van der Waals surface area contributed by atoms with Crippen LogP contribution in [0.5, 0.6) is 11.5 Å². The average Bonchev–Trinajstić information content (AvgIpc) is 3.10. The van der Waals surface area contributed by atoms with Crippen LogP contribution in [-0.2, 0) is 21.7 Å². The maximum absolute atomic E-state index is 5.19. The Morgan fingerprint density at radius 3 is 1.90 bits per heavy atom. The van der Waals surface area contributed by atoms with Gasteiger partial charge in [0.1, 0.15) is 11.5 Å². The summed E-state index contributed by atoms with van der Waals surface area (Å²) >= 11 is 0. The van der Waals surface area contributed by atoms with Crippen molar-refractivity contribution in [3.05, 3.63) is 60.7 Å². The minimum atomic E-state index is 0. The molecule has 0 saturated heterocycles. The predicted octanol–water partition coefficient (Wildman–Crippen LogP) is -2.01. The Labute approximate surface area is 152 Å². The second kappa shape index (κ2) is 11.7. The van der Waals surface area contributed by atoms with Crippen LogP contribution in [0.4, 0.5) is 0 Å². The molecule has 3 aromatic rings. The van der Waals surface area contributed by atoms with Gasteiger partial charge in [-0.3, -0.25) is 0 Å². The summed E-state index contributed by atoms with van der Waals surface area (Å²) in [6.07, 6.45) is 0. The van der Waals surface area contributed by atoms with E-state index < -0.39 is 0 Å². The fourth-order valence-electron chi connectivity index (χ4n) is 1.78. The molecule has 110 valence electrons. The third-order valence-corrected chi connectivity index (χ3v) is 2.70. The van der Waals surface area contributed by atoms with Crippen molar-refractivity contribution in [1.82, 2.24) is 0 Å². The number of fused-ring (bicyclic) bond motifs is 1. The van der Waals surface area contributed by atoms with E-state index in [9.17, 15) is 0 Å². The van der Waals surface area contributed by atoms with E-state index in [0.717, 1.165) is 11.5 Å². The van der Waals surface area contributed by atoms with Crippen LogP contribution in [-0.4, -0.2) is 14.2 Å². The van der Waals surface area contributed by atoms with E-state index in [2.05, 4.69) is 12.1 Å². The van der Waals surface area contributed by atoms with Crippen molar-refractivity contribution < 1.29 is 56.0 Å². The van der Waals surface area contributed by atoms with E-state index in [1.165, 1.54) is 10.8 Å². The molecule has 0 spiro atoms. The summed E-state index contributed by atoms with van der Waals surface area (Å²) in [5.41, 5.74) is 0. The van der Waals surface area contributed by atoms with Crippen LogP contribution in [0.3, 0.4) is 0 Å². The summed E-state index contributed by atoms with van der Waals surface area (Å²) < 4.78 is 10.4. The van der Waals surface area contributed by atoms with Crippen LogP contribution in [0.2, 0.25) is 0 Å². The van der Waals surface area contributed by atoms with Gasteiger partial charge in [-0.25, -0.2) is 12.1 Å². The van der Waals surface area contributed by atoms with Crippen LogP contribution in [0, 0.1) is 0 Å². The van der Waals surface area contributed by atoms with E-state index in [-0.39, 0.29) is 46.5 Å².